The maximum atomic E-state index is 13.7. The fraction of sp³-hybridized carbons (Fsp3) is 0.379. The van der Waals surface area contributed by atoms with Crippen LogP contribution in [0.4, 0.5) is 5.13 Å². The molecule has 12 heteroatoms. The largest absolute Gasteiger partial charge is 0.476 e. The van der Waals surface area contributed by atoms with E-state index >= 15 is 0 Å². The highest BCUT2D eigenvalue weighted by molar-refractivity contribution is 7.16. The minimum atomic E-state index is -1.23. The van der Waals surface area contributed by atoms with Crippen molar-refractivity contribution >= 4 is 58.0 Å². The number of aliphatic hydroxyl groups is 1. The number of nitrogens with zero attached hydrogens (tertiary/aromatic N) is 4. The van der Waals surface area contributed by atoms with Crippen LogP contribution in [0, 0.1) is 0 Å². The Morgan fingerprint density at radius 1 is 1.12 bits per heavy atom. The maximum absolute atomic E-state index is 13.7. The molecule has 0 unspecified atom stereocenters. The summed E-state index contributed by atoms with van der Waals surface area (Å²) in [6, 6.07) is 14.8. The van der Waals surface area contributed by atoms with Gasteiger partial charge in [0, 0.05) is 51.2 Å². The van der Waals surface area contributed by atoms with Gasteiger partial charge in [-0.15, -0.1) is 11.3 Å². The minimum absolute atomic E-state index is 0.0226. The summed E-state index contributed by atoms with van der Waals surface area (Å²) < 4.78 is 9.05. The van der Waals surface area contributed by atoms with Crippen LogP contribution in [-0.2, 0) is 30.9 Å². The molecule has 1 aliphatic rings. The Hall–Kier alpha value is -3.16. The Bertz CT molecular complexity index is 1650. The first-order valence-electron chi connectivity index (χ1n) is 13.6. The first-order valence-corrected chi connectivity index (χ1v) is 18.9. The smallest absolute Gasteiger partial charge is 0.355 e. The SMILES string of the molecule is C[Si](C)(C)CCOCn1/c(=N\C(=O)c2cccc3c2CN(c2nc(C(=O)O)c(CCO)s2)CC3)sc2ccccc21. The fourth-order valence-electron chi connectivity index (χ4n) is 4.77. The van der Waals surface area contributed by atoms with Crippen molar-refractivity contribution in [3.8, 4) is 0 Å². The monoisotopic (exact) mass is 610 g/mol. The van der Waals surface area contributed by atoms with Gasteiger partial charge < -0.3 is 19.8 Å². The molecule has 216 valence electrons. The topological polar surface area (TPSA) is 117 Å². The lowest BCUT2D eigenvalue weighted by atomic mass is 9.95. The third-order valence-electron chi connectivity index (χ3n) is 7.00. The molecule has 0 fully saturated rings. The Morgan fingerprint density at radius 3 is 2.68 bits per heavy atom. The number of amides is 1. The number of fused-ring (bicyclic) bond motifs is 2. The number of carboxylic acids is 1. The second kappa shape index (κ2) is 12.4. The Balaban J connectivity index is 1.45. The van der Waals surface area contributed by atoms with Crippen LogP contribution in [0.3, 0.4) is 0 Å². The highest BCUT2D eigenvalue weighted by Gasteiger charge is 2.26. The normalized spacial score (nSPS) is 14.0. The molecule has 41 heavy (non-hydrogen) atoms. The summed E-state index contributed by atoms with van der Waals surface area (Å²) in [5.41, 5.74) is 3.44. The van der Waals surface area contributed by atoms with Gasteiger partial charge in [0.1, 0.15) is 6.73 Å². The van der Waals surface area contributed by atoms with Gasteiger partial charge in [-0.3, -0.25) is 9.36 Å². The lowest BCUT2D eigenvalue weighted by Crippen LogP contribution is -2.31. The summed E-state index contributed by atoms with van der Waals surface area (Å²) in [7, 11) is -1.23. The van der Waals surface area contributed by atoms with Crippen molar-refractivity contribution in [2.75, 3.05) is 24.7 Å². The highest BCUT2D eigenvalue weighted by atomic mass is 32.1. The van der Waals surface area contributed by atoms with E-state index in [0.29, 0.717) is 53.2 Å². The zero-order valence-corrected chi connectivity index (χ0v) is 26.1. The Morgan fingerprint density at radius 2 is 1.93 bits per heavy atom. The third-order valence-corrected chi connectivity index (χ3v) is 10.9. The van der Waals surface area contributed by atoms with Crippen LogP contribution in [-0.4, -0.2) is 59.5 Å². The standard InChI is InChI=1S/C29H34N4O5S2Si/c1-41(2,3)16-15-38-18-33-22-9-4-5-10-23(22)39-29(33)31-26(35)20-8-6-7-19-11-13-32(17-21(19)20)28-30-25(27(36)37)24(40-28)12-14-34/h4-10,34H,11-18H2,1-3H3,(H,36,37)/b31-29+. The average Bonchev–Trinajstić information content (AvgIpc) is 3.51. The molecule has 2 aromatic carbocycles. The van der Waals surface area contributed by atoms with Crippen molar-refractivity contribution < 1.29 is 24.5 Å². The van der Waals surface area contributed by atoms with E-state index in [-0.39, 0.29) is 24.6 Å². The molecule has 0 saturated heterocycles. The number of para-hydroxylation sites is 1. The molecule has 5 rings (SSSR count). The van der Waals surface area contributed by atoms with Crippen LogP contribution in [0.2, 0.25) is 25.7 Å². The van der Waals surface area contributed by atoms with Gasteiger partial charge in [0.25, 0.3) is 5.91 Å². The van der Waals surface area contributed by atoms with E-state index in [1.165, 1.54) is 22.7 Å². The summed E-state index contributed by atoms with van der Waals surface area (Å²) >= 11 is 2.74. The molecule has 2 aromatic heterocycles. The Kier molecular flexibility index (Phi) is 8.85. The number of hydrogen-bond acceptors (Lipinski definition) is 8. The molecule has 4 aromatic rings. The molecule has 0 aliphatic carbocycles. The fourth-order valence-corrected chi connectivity index (χ4v) is 7.61. The molecule has 3 heterocycles. The van der Waals surface area contributed by atoms with E-state index < -0.39 is 14.0 Å². The van der Waals surface area contributed by atoms with Crippen LogP contribution < -0.4 is 9.70 Å². The third kappa shape index (κ3) is 6.68. The molecular formula is C29H34N4O5S2Si. The van der Waals surface area contributed by atoms with Gasteiger partial charge >= 0.3 is 5.97 Å². The molecule has 0 radical (unpaired) electrons. The maximum Gasteiger partial charge on any atom is 0.355 e. The number of aromatic nitrogens is 2. The molecule has 2 N–H and O–H groups in total. The number of rotatable bonds is 10. The lowest BCUT2D eigenvalue weighted by molar-refractivity contribution is 0.0689. The van der Waals surface area contributed by atoms with E-state index in [4.69, 9.17) is 4.74 Å². The Labute approximate surface area is 247 Å². The first-order chi connectivity index (χ1) is 19.6. The van der Waals surface area contributed by atoms with E-state index in [2.05, 4.69) is 29.6 Å². The van der Waals surface area contributed by atoms with Crippen LogP contribution in [0.5, 0.6) is 0 Å². The number of carbonyl (C=O) groups excluding carboxylic acids is 1. The average molecular weight is 611 g/mol. The molecule has 0 spiro atoms. The van der Waals surface area contributed by atoms with E-state index in [1.807, 2.05) is 45.9 Å². The second-order valence-electron chi connectivity index (χ2n) is 11.2. The first kappa shape index (κ1) is 29.3. The van der Waals surface area contributed by atoms with Crippen molar-refractivity contribution in [3.63, 3.8) is 0 Å². The molecule has 9 nitrogen and oxygen atoms in total. The summed E-state index contributed by atoms with van der Waals surface area (Å²) in [4.78, 5) is 37.5. The van der Waals surface area contributed by atoms with E-state index in [1.54, 1.807) is 6.07 Å². The highest BCUT2D eigenvalue weighted by Crippen LogP contribution is 2.32. The molecular weight excluding hydrogens is 577 g/mol. The number of carboxylic acid groups (broad SMARTS) is 1. The number of anilines is 1. The molecule has 1 aliphatic heterocycles. The number of aromatic carboxylic acids is 1. The zero-order chi connectivity index (χ0) is 29.1. The molecule has 0 saturated carbocycles. The summed E-state index contributed by atoms with van der Waals surface area (Å²) in [5.74, 6) is -1.43. The van der Waals surface area contributed by atoms with Gasteiger partial charge in [-0.1, -0.05) is 55.2 Å². The number of thiazole rings is 2. The summed E-state index contributed by atoms with van der Waals surface area (Å²) in [5, 5.41) is 19.5. The summed E-state index contributed by atoms with van der Waals surface area (Å²) in [6.45, 7) is 8.87. The van der Waals surface area contributed by atoms with Gasteiger partial charge in [-0.25, -0.2) is 9.78 Å². The quantitative estimate of drug-likeness (QED) is 0.192. The number of benzene rings is 2. The van der Waals surface area contributed by atoms with Crippen molar-refractivity contribution in [2.45, 2.75) is 51.8 Å². The van der Waals surface area contributed by atoms with Crippen molar-refractivity contribution in [1.82, 2.24) is 9.55 Å². The number of carbonyl (C=O) groups is 2. The van der Waals surface area contributed by atoms with E-state index in [0.717, 1.165) is 27.4 Å². The van der Waals surface area contributed by atoms with Crippen LogP contribution >= 0.6 is 22.7 Å². The predicted octanol–water partition coefficient (Wildman–Crippen LogP) is 5.01. The number of aliphatic hydroxyl groups excluding tert-OH is 1. The van der Waals surface area contributed by atoms with Crippen molar-refractivity contribution in [1.29, 1.82) is 0 Å². The lowest BCUT2D eigenvalue weighted by Gasteiger charge is -2.29. The van der Waals surface area contributed by atoms with E-state index in [9.17, 15) is 19.8 Å². The van der Waals surface area contributed by atoms with Crippen LogP contribution in [0.25, 0.3) is 10.2 Å². The number of ether oxygens (including phenoxy) is 1. The van der Waals surface area contributed by atoms with Crippen molar-refractivity contribution in [3.05, 3.63) is 74.5 Å². The zero-order valence-electron chi connectivity index (χ0n) is 23.4. The molecule has 0 bridgehead atoms. The summed E-state index contributed by atoms with van der Waals surface area (Å²) in [6.07, 6.45) is 0.935. The number of hydrogen-bond donors (Lipinski definition) is 2. The molecule has 0 atom stereocenters. The van der Waals surface area contributed by atoms with Crippen molar-refractivity contribution in [2.24, 2.45) is 4.99 Å². The predicted molar refractivity (Wildman–Crippen MR) is 165 cm³/mol. The van der Waals surface area contributed by atoms with Gasteiger partial charge in [-0.2, -0.15) is 4.99 Å². The van der Waals surface area contributed by atoms with Gasteiger partial charge in [0.2, 0.25) is 0 Å². The van der Waals surface area contributed by atoms with Gasteiger partial charge in [-0.05, 0) is 41.8 Å². The van der Waals surface area contributed by atoms with Gasteiger partial charge in [0.05, 0.1) is 10.2 Å². The molecule has 1 amide bonds. The van der Waals surface area contributed by atoms with Crippen LogP contribution in [0.1, 0.15) is 36.9 Å². The van der Waals surface area contributed by atoms with Gasteiger partial charge in [0.15, 0.2) is 15.6 Å². The van der Waals surface area contributed by atoms with Crippen LogP contribution in [0.15, 0.2) is 47.5 Å². The second-order valence-corrected chi connectivity index (χ2v) is 18.9. The minimum Gasteiger partial charge on any atom is -0.476 e.